The molecule has 0 radical (unpaired) electrons. The molecule has 5 heteroatoms. The molecule has 2 rings (SSSR count). The molecule has 0 bridgehead atoms. The Morgan fingerprint density at radius 1 is 1.30 bits per heavy atom. The minimum atomic E-state index is -3.47. The average Bonchev–Trinajstić information content (AvgIpc) is 2.41. The van der Waals surface area contributed by atoms with Crippen LogP contribution in [0.2, 0.25) is 0 Å². The molecule has 1 heterocycles. The van der Waals surface area contributed by atoms with E-state index in [1.165, 1.54) is 6.07 Å². The molecule has 1 aromatic carbocycles. The Kier molecular flexibility index (Phi) is 4.17. The summed E-state index contributed by atoms with van der Waals surface area (Å²) in [5.74, 6) is 0.389. The molecule has 1 aliphatic heterocycles. The van der Waals surface area contributed by atoms with Crippen LogP contribution in [0.5, 0.6) is 0 Å². The lowest BCUT2D eigenvalue weighted by molar-refractivity contribution is 0.218. The van der Waals surface area contributed by atoms with Gasteiger partial charge in [-0.05, 0) is 56.4 Å². The van der Waals surface area contributed by atoms with E-state index in [0.29, 0.717) is 23.6 Å². The highest BCUT2D eigenvalue weighted by molar-refractivity contribution is 7.89. The van der Waals surface area contributed by atoms with Crippen molar-refractivity contribution < 1.29 is 8.42 Å². The van der Waals surface area contributed by atoms with E-state index >= 15 is 0 Å². The molecule has 1 saturated heterocycles. The molecule has 0 saturated carbocycles. The second-order valence-corrected chi connectivity index (χ2v) is 7.59. The van der Waals surface area contributed by atoms with Crippen molar-refractivity contribution in [3.8, 4) is 6.07 Å². The third kappa shape index (κ3) is 2.72. The zero-order chi connectivity index (χ0) is 14.9. The Hall–Kier alpha value is -1.38. The molecule has 0 amide bonds. The lowest BCUT2D eigenvalue weighted by Gasteiger charge is -2.35. The first-order valence-electron chi connectivity index (χ1n) is 6.89. The zero-order valence-corrected chi connectivity index (χ0v) is 12.9. The predicted octanol–water partition coefficient (Wildman–Crippen LogP) is 2.68. The molecule has 1 aromatic rings. The maximum Gasteiger partial charge on any atom is 0.243 e. The van der Waals surface area contributed by atoms with Crippen LogP contribution in [-0.2, 0) is 10.0 Å². The van der Waals surface area contributed by atoms with Crippen molar-refractivity contribution in [3.05, 3.63) is 29.3 Å². The Labute approximate surface area is 121 Å². The standard InChI is InChI=1S/C15H20N2O2S/c1-11-4-5-13(3)17(10-11)20(18,19)15-7-6-14(9-16)12(2)8-15/h6-8,11,13H,4-5,10H2,1-3H3. The third-order valence-corrected chi connectivity index (χ3v) is 5.96. The third-order valence-electron chi connectivity index (χ3n) is 3.99. The Morgan fingerprint density at radius 3 is 2.60 bits per heavy atom. The van der Waals surface area contributed by atoms with Crippen LogP contribution in [0.4, 0.5) is 0 Å². The zero-order valence-electron chi connectivity index (χ0n) is 12.1. The van der Waals surface area contributed by atoms with Crippen LogP contribution < -0.4 is 0 Å². The minimum absolute atomic E-state index is 0.0344. The number of sulfonamides is 1. The van der Waals surface area contributed by atoms with Gasteiger partial charge in [0, 0.05) is 12.6 Å². The maximum absolute atomic E-state index is 12.7. The van der Waals surface area contributed by atoms with Crippen LogP contribution in [-0.4, -0.2) is 25.3 Å². The number of nitrogens with zero attached hydrogens (tertiary/aromatic N) is 2. The minimum Gasteiger partial charge on any atom is -0.207 e. The van der Waals surface area contributed by atoms with E-state index in [0.717, 1.165) is 12.8 Å². The van der Waals surface area contributed by atoms with Crippen molar-refractivity contribution in [1.82, 2.24) is 4.31 Å². The van der Waals surface area contributed by atoms with Gasteiger partial charge in [0.05, 0.1) is 16.5 Å². The van der Waals surface area contributed by atoms with Gasteiger partial charge in [0.1, 0.15) is 0 Å². The summed E-state index contributed by atoms with van der Waals surface area (Å²) in [5, 5.41) is 8.93. The summed E-state index contributed by atoms with van der Waals surface area (Å²) in [5.41, 5.74) is 1.22. The highest BCUT2D eigenvalue weighted by Crippen LogP contribution is 2.28. The van der Waals surface area contributed by atoms with Gasteiger partial charge in [-0.3, -0.25) is 0 Å². The lowest BCUT2D eigenvalue weighted by Crippen LogP contribution is -2.44. The van der Waals surface area contributed by atoms with Gasteiger partial charge in [-0.1, -0.05) is 6.92 Å². The van der Waals surface area contributed by atoms with Gasteiger partial charge in [0.15, 0.2) is 0 Å². The summed E-state index contributed by atoms with van der Waals surface area (Å²) < 4.78 is 27.1. The number of rotatable bonds is 2. The molecule has 2 atom stereocenters. The molecule has 1 fully saturated rings. The summed E-state index contributed by atoms with van der Waals surface area (Å²) in [6.07, 6.45) is 1.97. The number of hydrogen-bond acceptors (Lipinski definition) is 3. The van der Waals surface area contributed by atoms with Crippen LogP contribution in [0.25, 0.3) is 0 Å². The molecule has 4 nitrogen and oxygen atoms in total. The van der Waals surface area contributed by atoms with Crippen molar-refractivity contribution in [2.45, 2.75) is 44.6 Å². The molecule has 2 unspecified atom stereocenters. The smallest absolute Gasteiger partial charge is 0.207 e. The van der Waals surface area contributed by atoms with Gasteiger partial charge >= 0.3 is 0 Å². The fourth-order valence-corrected chi connectivity index (χ4v) is 4.51. The summed E-state index contributed by atoms with van der Waals surface area (Å²) in [6.45, 7) is 6.38. The van der Waals surface area contributed by atoms with Crippen molar-refractivity contribution in [2.75, 3.05) is 6.54 Å². The maximum atomic E-state index is 12.7. The monoisotopic (exact) mass is 292 g/mol. The van der Waals surface area contributed by atoms with E-state index in [4.69, 9.17) is 5.26 Å². The Balaban J connectivity index is 2.39. The van der Waals surface area contributed by atoms with Crippen molar-refractivity contribution in [1.29, 1.82) is 5.26 Å². The number of aryl methyl sites for hydroxylation is 1. The van der Waals surface area contributed by atoms with Gasteiger partial charge < -0.3 is 0 Å². The van der Waals surface area contributed by atoms with E-state index in [1.807, 2.05) is 6.92 Å². The molecule has 0 spiro atoms. The van der Waals surface area contributed by atoms with Crippen molar-refractivity contribution in [2.24, 2.45) is 5.92 Å². The van der Waals surface area contributed by atoms with Gasteiger partial charge in [-0.25, -0.2) is 8.42 Å². The molecular formula is C15H20N2O2S. The van der Waals surface area contributed by atoms with E-state index in [2.05, 4.69) is 13.0 Å². The molecule has 1 aliphatic rings. The Bertz CT molecular complexity index is 646. The first-order chi connectivity index (χ1) is 9.36. The van der Waals surface area contributed by atoms with Gasteiger partial charge in [0.2, 0.25) is 10.0 Å². The van der Waals surface area contributed by atoms with Crippen molar-refractivity contribution >= 4 is 10.0 Å². The second kappa shape index (κ2) is 5.55. The van der Waals surface area contributed by atoms with Crippen LogP contribution >= 0.6 is 0 Å². The van der Waals surface area contributed by atoms with Gasteiger partial charge in [-0.2, -0.15) is 9.57 Å². The predicted molar refractivity (Wildman–Crippen MR) is 77.6 cm³/mol. The second-order valence-electron chi connectivity index (χ2n) is 5.69. The summed E-state index contributed by atoms with van der Waals surface area (Å²) in [6, 6.07) is 6.81. The van der Waals surface area contributed by atoms with E-state index in [-0.39, 0.29) is 10.9 Å². The molecule has 0 aromatic heterocycles. The van der Waals surface area contributed by atoms with Crippen molar-refractivity contribution in [3.63, 3.8) is 0 Å². The highest BCUT2D eigenvalue weighted by atomic mass is 32.2. The van der Waals surface area contributed by atoms with E-state index in [1.54, 1.807) is 23.4 Å². The molecule has 108 valence electrons. The Morgan fingerprint density at radius 2 is 2.00 bits per heavy atom. The van der Waals surface area contributed by atoms with E-state index < -0.39 is 10.0 Å². The van der Waals surface area contributed by atoms with E-state index in [9.17, 15) is 8.42 Å². The quantitative estimate of drug-likeness (QED) is 0.842. The molecule has 20 heavy (non-hydrogen) atoms. The lowest BCUT2D eigenvalue weighted by atomic mass is 9.97. The SMILES string of the molecule is Cc1cc(S(=O)(=O)N2CC(C)CCC2C)ccc1C#N. The van der Waals surface area contributed by atoms with Crippen LogP contribution in [0, 0.1) is 24.2 Å². The summed E-state index contributed by atoms with van der Waals surface area (Å²) in [7, 11) is -3.47. The number of hydrogen-bond donors (Lipinski definition) is 0. The topological polar surface area (TPSA) is 61.2 Å². The van der Waals surface area contributed by atoms with Gasteiger partial charge in [0.25, 0.3) is 0 Å². The van der Waals surface area contributed by atoms with Crippen LogP contribution in [0.15, 0.2) is 23.1 Å². The number of piperidine rings is 1. The highest BCUT2D eigenvalue weighted by Gasteiger charge is 2.33. The molecule has 0 aliphatic carbocycles. The molecular weight excluding hydrogens is 272 g/mol. The normalized spacial score (nSPS) is 24.3. The summed E-state index contributed by atoms with van der Waals surface area (Å²) >= 11 is 0. The van der Waals surface area contributed by atoms with Gasteiger partial charge in [-0.15, -0.1) is 0 Å². The average molecular weight is 292 g/mol. The fourth-order valence-electron chi connectivity index (χ4n) is 2.64. The van der Waals surface area contributed by atoms with Crippen LogP contribution in [0.1, 0.15) is 37.8 Å². The fraction of sp³-hybridized carbons (Fsp3) is 0.533. The largest absolute Gasteiger partial charge is 0.243 e. The number of nitriles is 1. The summed E-state index contributed by atoms with van der Waals surface area (Å²) in [4.78, 5) is 0.287. The first-order valence-corrected chi connectivity index (χ1v) is 8.33. The number of benzene rings is 1. The van der Waals surface area contributed by atoms with Crippen LogP contribution in [0.3, 0.4) is 0 Å². The molecule has 0 N–H and O–H groups in total. The first kappa shape index (κ1) is 15.0.